The molecule has 1 aromatic rings. The Morgan fingerprint density at radius 1 is 1.53 bits per heavy atom. The fraction of sp³-hybridized carbons (Fsp3) is 0.462. The second kappa shape index (κ2) is 6.02. The lowest BCUT2D eigenvalue weighted by atomic mass is 10.2. The first kappa shape index (κ1) is 15.4. The number of ether oxygens (including phenoxy) is 1. The number of hydrogen-bond donors (Lipinski definition) is 0. The molecule has 0 bridgehead atoms. The van der Waals surface area contributed by atoms with Gasteiger partial charge in [0.2, 0.25) is 0 Å². The van der Waals surface area contributed by atoms with Crippen LogP contribution in [0.4, 0.5) is 0 Å². The second-order valence-electron chi connectivity index (χ2n) is 4.75. The molecular weight excluding hydrogens is 312 g/mol. The molecule has 0 aliphatic rings. The summed E-state index contributed by atoms with van der Waals surface area (Å²) in [5.41, 5.74) is -0.492. The Morgan fingerprint density at radius 3 is 2.63 bits per heavy atom. The lowest BCUT2D eigenvalue weighted by molar-refractivity contribution is 0.00567. The molecule has 0 aliphatic carbocycles. The molecule has 0 unspecified atom stereocenters. The lowest BCUT2D eigenvalue weighted by Crippen LogP contribution is -2.26. The third kappa shape index (κ3) is 3.93. The van der Waals surface area contributed by atoms with Crippen LogP contribution >= 0.6 is 15.9 Å². The van der Waals surface area contributed by atoms with Crippen LogP contribution in [0.25, 0.3) is 0 Å². The van der Waals surface area contributed by atoms with Gasteiger partial charge in [-0.2, -0.15) is 0 Å². The third-order valence-corrected chi connectivity index (χ3v) is 2.67. The Hall–Kier alpha value is -1.61. The first-order valence-electron chi connectivity index (χ1n) is 5.64. The molecular formula is C13H15BrN2O3. The van der Waals surface area contributed by atoms with Crippen LogP contribution in [0.2, 0.25) is 0 Å². The van der Waals surface area contributed by atoms with Crippen molar-refractivity contribution in [2.24, 2.45) is 0 Å². The molecule has 19 heavy (non-hydrogen) atoms. The molecule has 0 fully saturated rings. The van der Waals surface area contributed by atoms with Gasteiger partial charge in [0, 0.05) is 0 Å². The van der Waals surface area contributed by atoms with E-state index in [4.69, 9.17) is 4.74 Å². The van der Waals surface area contributed by atoms with Crippen molar-refractivity contribution in [2.45, 2.75) is 39.8 Å². The van der Waals surface area contributed by atoms with Gasteiger partial charge in [-0.1, -0.05) is 5.92 Å². The summed E-state index contributed by atoms with van der Waals surface area (Å²) in [4.78, 5) is 27.1. The van der Waals surface area contributed by atoms with Gasteiger partial charge < -0.3 is 9.30 Å². The summed E-state index contributed by atoms with van der Waals surface area (Å²) in [6.07, 6.45) is 0.528. The number of imidazole rings is 1. The maximum Gasteiger partial charge on any atom is 0.357 e. The van der Waals surface area contributed by atoms with E-state index in [0.29, 0.717) is 11.0 Å². The molecule has 0 saturated heterocycles. The number of hydrogen-bond acceptors (Lipinski definition) is 4. The van der Waals surface area contributed by atoms with Gasteiger partial charge in [0.05, 0.1) is 6.54 Å². The zero-order chi connectivity index (χ0) is 14.6. The van der Waals surface area contributed by atoms with E-state index in [0.717, 1.165) is 0 Å². The summed E-state index contributed by atoms with van der Waals surface area (Å²) in [6, 6.07) is 0. The fourth-order valence-electron chi connectivity index (χ4n) is 1.37. The van der Waals surface area contributed by atoms with E-state index in [-0.39, 0.29) is 17.9 Å². The summed E-state index contributed by atoms with van der Waals surface area (Å²) in [6.45, 7) is 7.22. The fourth-order valence-corrected chi connectivity index (χ4v) is 1.86. The monoisotopic (exact) mass is 326 g/mol. The highest BCUT2D eigenvalue weighted by Crippen LogP contribution is 2.19. The van der Waals surface area contributed by atoms with E-state index < -0.39 is 11.6 Å². The van der Waals surface area contributed by atoms with E-state index in [9.17, 15) is 9.59 Å². The lowest BCUT2D eigenvalue weighted by Gasteiger charge is -2.19. The molecule has 0 saturated carbocycles. The first-order valence-corrected chi connectivity index (χ1v) is 6.43. The number of carbonyl (C=O) groups excluding carboxylic acids is 2. The molecule has 0 atom stereocenters. The molecule has 5 nitrogen and oxygen atoms in total. The van der Waals surface area contributed by atoms with E-state index in [2.05, 4.69) is 32.8 Å². The van der Waals surface area contributed by atoms with E-state index in [1.54, 1.807) is 27.7 Å². The van der Waals surface area contributed by atoms with Gasteiger partial charge in [-0.15, -0.1) is 5.92 Å². The van der Waals surface area contributed by atoms with Crippen molar-refractivity contribution in [3.8, 4) is 11.8 Å². The highest BCUT2D eigenvalue weighted by molar-refractivity contribution is 9.10. The van der Waals surface area contributed by atoms with Crippen LogP contribution < -0.4 is 0 Å². The Balaban J connectivity index is 3.25. The van der Waals surface area contributed by atoms with E-state index in [1.165, 1.54) is 4.57 Å². The van der Waals surface area contributed by atoms with Crippen LogP contribution in [-0.4, -0.2) is 27.4 Å². The predicted molar refractivity (Wildman–Crippen MR) is 73.9 cm³/mol. The minimum absolute atomic E-state index is 0.0408. The van der Waals surface area contributed by atoms with Crippen LogP contribution in [0, 0.1) is 11.8 Å². The van der Waals surface area contributed by atoms with Crippen molar-refractivity contribution < 1.29 is 14.3 Å². The number of carbonyl (C=O) groups is 2. The number of esters is 1. The Labute approximate surface area is 120 Å². The number of rotatable bonds is 3. The van der Waals surface area contributed by atoms with Crippen molar-refractivity contribution in [1.82, 2.24) is 9.55 Å². The Morgan fingerprint density at radius 2 is 2.16 bits per heavy atom. The van der Waals surface area contributed by atoms with Crippen LogP contribution in [0.1, 0.15) is 48.7 Å². The average molecular weight is 327 g/mol. The van der Waals surface area contributed by atoms with Crippen molar-refractivity contribution in [2.75, 3.05) is 0 Å². The maximum absolute atomic E-state index is 12.1. The molecule has 1 aromatic heterocycles. The Bertz CT molecular complexity index is 559. The van der Waals surface area contributed by atoms with Gasteiger partial charge >= 0.3 is 5.97 Å². The van der Waals surface area contributed by atoms with E-state index in [1.807, 2.05) is 0 Å². The topological polar surface area (TPSA) is 61.2 Å². The zero-order valence-electron chi connectivity index (χ0n) is 11.3. The summed E-state index contributed by atoms with van der Waals surface area (Å²) < 4.78 is 7.15. The SMILES string of the molecule is CC#CCn1c(Br)nc(C=O)c1C(=O)OC(C)(C)C. The average Bonchev–Trinajstić information content (AvgIpc) is 2.60. The second-order valence-corrected chi connectivity index (χ2v) is 5.46. The molecule has 0 aromatic carbocycles. The van der Waals surface area contributed by atoms with E-state index >= 15 is 0 Å². The van der Waals surface area contributed by atoms with Crippen molar-refractivity contribution in [1.29, 1.82) is 0 Å². The summed E-state index contributed by atoms with van der Waals surface area (Å²) in [7, 11) is 0. The number of halogens is 1. The zero-order valence-corrected chi connectivity index (χ0v) is 12.9. The highest BCUT2D eigenvalue weighted by Gasteiger charge is 2.26. The number of nitrogens with zero attached hydrogens (tertiary/aromatic N) is 2. The maximum atomic E-state index is 12.1. The predicted octanol–water partition coefficient (Wildman–Crippen LogP) is 2.44. The standard InChI is InChI=1S/C13H15BrN2O3/c1-5-6-7-16-10(9(8-17)15-12(16)14)11(18)19-13(2,3)4/h8H,7H2,1-4H3. The Kier molecular flexibility index (Phi) is 4.90. The van der Waals surface area contributed by atoms with Crippen LogP contribution in [-0.2, 0) is 11.3 Å². The first-order chi connectivity index (χ1) is 8.80. The molecule has 0 spiro atoms. The molecule has 102 valence electrons. The van der Waals surface area contributed by atoms with Crippen LogP contribution in [0.3, 0.4) is 0 Å². The van der Waals surface area contributed by atoms with Gasteiger partial charge in [0.15, 0.2) is 16.7 Å². The molecule has 6 heteroatoms. The highest BCUT2D eigenvalue weighted by atomic mass is 79.9. The van der Waals surface area contributed by atoms with Gasteiger partial charge in [-0.25, -0.2) is 9.78 Å². The summed E-state index contributed by atoms with van der Waals surface area (Å²) in [5.74, 6) is 4.95. The normalized spacial score (nSPS) is 10.6. The van der Waals surface area contributed by atoms with Crippen LogP contribution in [0.15, 0.2) is 4.73 Å². The van der Waals surface area contributed by atoms with Crippen molar-refractivity contribution >= 4 is 28.2 Å². The van der Waals surface area contributed by atoms with Gasteiger partial charge in [0.1, 0.15) is 11.3 Å². The number of aromatic nitrogens is 2. The largest absolute Gasteiger partial charge is 0.455 e. The van der Waals surface area contributed by atoms with Gasteiger partial charge in [-0.05, 0) is 43.6 Å². The molecule has 0 radical (unpaired) electrons. The smallest absolute Gasteiger partial charge is 0.357 e. The minimum Gasteiger partial charge on any atom is -0.455 e. The number of aldehydes is 1. The molecule has 0 N–H and O–H groups in total. The molecule has 0 aliphatic heterocycles. The molecule has 1 heterocycles. The molecule has 1 rings (SSSR count). The van der Waals surface area contributed by atoms with Gasteiger partial charge in [0.25, 0.3) is 0 Å². The summed E-state index contributed by atoms with van der Waals surface area (Å²) in [5, 5.41) is 0. The minimum atomic E-state index is -0.644. The molecule has 0 amide bonds. The van der Waals surface area contributed by atoms with Crippen molar-refractivity contribution in [3.63, 3.8) is 0 Å². The van der Waals surface area contributed by atoms with Gasteiger partial charge in [-0.3, -0.25) is 4.79 Å². The third-order valence-electron chi connectivity index (χ3n) is 2.07. The quantitative estimate of drug-likeness (QED) is 0.486. The summed E-state index contributed by atoms with van der Waals surface area (Å²) >= 11 is 3.20. The van der Waals surface area contributed by atoms with Crippen LogP contribution in [0.5, 0.6) is 0 Å². The van der Waals surface area contributed by atoms with Crippen molar-refractivity contribution in [3.05, 3.63) is 16.1 Å².